The molecule has 0 bridgehead atoms. The Bertz CT molecular complexity index is 598. The maximum Gasteiger partial charge on any atom is 0.191 e. The third kappa shape index (κ3) is 4.03. The van der Waals surface area contributed by atoms with Crippen molar-refractivity contribution in [1.82, 2.24) is 10.4 Å². The number of anilines is 2. The molecule has 0 atom stereocenters. The van der Waals surface area contributed by atoms with E-state index in [1.807, 2.05) is 49.5 Å². The van der Waals surface area contributed by atoms with E-state index in [0.29, 0.717) is 5.11 Å². The summed E-state index contributed by atoms with van der Waals surface area (Å²) in [6, 6.07) is 13.4. The Morgan fingerprint density at radius 2 is 2.00 bits per heavy atom. The van der Waals surface area contributed by atoms with Gasteiger partial charge in [-0.3, -0.25) is 5.43 Å². The zero-order valence-corrected chi connectivity index (χ0v) is 11.8. The topological polar surface area (TPSA) is 61.3 Å². The number of para-hydroxylation sites is 1. The van der Waals surface area contributed by atoms with Crippen molar-refractivity contribution in [3.05, 3.63) is 54.2 Å². The summed E-state index contributed by atoms with van der Waals surface area (Å²) in [7, 11) is 1.81. The number of hydrazone groups is 1. The van der Waals surface area contributed by atoms with E-state index >= 15 is 0 Å². The van der Waals surface area contributed by atoms with Crippen molar-refractivity contribution in [3.8, 4) is 0 Å². The molecule has 3 N–H and O–H groups in total. The number of benzene rings is 1. The predicted molar refractivity (Wildman–Crippen MR) is 87.2 cm³/mol. The molecule has 20 heavy (non-hydrogen) atoms. The van der Waals surface area contributed by atoms with Gasteiger partial charge in [0.25, 0.3) is 0 Å². The van der Waals surface area contributed by atoms with Crippen LogP contribution in [-0.4, -0.2) is 23.4 Å². The lowest BCUT2D eigenvalue weighted by Gasteiger charge is -2.06. The number of nitrogens with zero attached hydrogens (tertiary/aromatic N) is 2. The highest BCUT2D eigenvalue weighted by Crippen LogP contribution is 2.07. The Morgan fingerprint density at radius 3 is 2.75 bits per heavy atom. The van der Waals surface area contributed by atoms with Gasteiger partial charge in [0, 0.05) is 24.5 Å². The van der Waals surface area contributed by atoms with Crippen LogP contribution in [-0.2, 0) is 0 Å². The number of nitrogens with one attached hydrogen (secondary N) is 3. The summed E-state index contributed by atoms with van der Waals surface area (Å²) >= 11 is 5.15. The van der Waals surface area contributed by atoms with E-state index in [4.69, 9.17) is 12.2 Å². The summed E-state index contributed by atoms with van der Waals surface area (Å²) in [4.78, 5) is 4.18. The van der Waals surface area contributed by atoms with E-state index < -0.39 is 0 Å². The lowest BCUT2D eigenvalue weighted by atomic mass is 10.3. The third-order valence-electron chi connectivity index (χ3n) is 2.48. The van der Waals surface area contributed by atoms with Gasteiger partial charge in [0.1, 0.15) is 5.82 Å². The molecule has 0 unspecified atom stereocenters. The fourth-order valence-electron chi connectivity index (χ4n) is 1.57. The minimum atomic E-state index is 0.433. The molecule has 0 fully saturated rings. The van der Waals surface area contributed by atoms with Crippen LogP contribution in [0.3, 0.4) is 0 Å². The largest absolute Gasteiger partial charge is 0.373 e. The van der Waals surface area contributed by atoms with Crippen LogP contribution in [0.2, 0.25) is 0 Å². The van der Waals surface area contributed by atoms with Crippen LogP contribution < -0.4 is 16.1 Å². The van der Waals surface area contributed by atoms with Crippen LogP contribution in [0.5, 0.6) is 0 Å². The van der Waals surface area contributed by atoms with E-state index in [1.165, 1.54) is 0 Å². The molecule has 0 aliphatic heterocycles. The van der Waals surface area contributed by atoms with Crippen molar-refractivity contribution in [2.45, 2.75) is 0 Å². The first-order valence-electron chi connectivity index (χ1n) is 6.07. The molecule has 2 rings (SSSR count). The Hall–Kier alpha value is -2.47. The highest BCUT2D eigenvalue weighted by molar-refractivity contribution is 7.80. The van der Waals surface area contributed by atoms with Crippen LogP contribution in [0.1, 0.15) is 5.56 Å². The van der Waals surface area contributed by atoms with Gasteiger partial charge in [0.2, 0.25) is 0 Å². The second-order valence-corrected chi connectivity index (χ2v) is 4.29. The van der Waals surface area contributed by atoms with E-state index in [-0.39, 0.29) is 0 Å². The second kappa shape index (κ2) is 7.20. The molecule has 5 nitrogen and oxygen atoms in total. The van der Waals surface area contributed by atoms with E-state index in [0.717, 1.165) is 17.1 Å². The van der Waals surface area contributed by atoms with Crippen LogP contribution in [0.4, 0.5) is 11.5 Å². The maximum atomic E-state index is 5.15. The van der Waals surface area contributed by atoms with Crippen molar-refractivity contribution >= 4 is 35.1 Å². The lowest BCUT2D eigenvalue weighted by molar-refractivity contribution is 1.05. The van der Waals surface area contributed by atoms with Crippen molar-refractivity contribution in [2.75, 3.05) is 17.7 Å². The van der Waals surface area contributed by atoms with Crippen molar-refractivity contribution in [1.29, 1.82) is 0 Å². The van der Waals surface area contributed by atoms with Crippen molar-refractivity contribution in [2.24, 2.45) is 5.10 Å². The van der Waals surface area contributed by atoms with Gasteiger partial charge in [-0.05, 0) is 36.5 Å². The Kier molecular flexibility index (Phi) is 5.02. The van der Waals surface area contributed by atoms with Crippen LogP contribution in [0, 0.1) is 0 Å². The molecule has 0 spiro atoms. The minimum Gasteiger partial charge on any atom is -0.373 e. The molecule has 0 saturated carbocycles. The van der Waals surface area contributed by atoms with Gasteiger partial charge in [-0.15, -0.1) is 0 Å². The summed E-state index contributed by atoms with van der Waals surface area (Å²) < 4.78 is 0. The summed E-state index contributed by atoms with van der Waals surface area (Å²) in [5, 5.41) is 10.5. The molecule has 1 heterocycles. The number of hydrogen-bond acceptors (Lipinski definition) is 4. The number of aromatic nitrogens is 1. The highest BCUT2D eigenvalue weighted by Gasteiger charge is 1.98. The summed E-state index contributed by atoms with van der Waals surface area (Å²) in [6.45, 7) is 0. The highest BCUT2D eigenvalue weighted by atomic mass is 32.1. The molecule has 0 aliphatic carbocycles. The molecule has 1 aromatic carbocycles. The first-order valence-corrected chi connectivity index (χ1v) is 6.48. The van der Waals surface area contributed by atoms with E-state index in [9.17, 15) is 0 Å². The summed E-state index contributed by atoms with van der Waals surface area (Å²) in [5.41, 5.74) is 4.56. The normalized spacial score (nSPS) is 10.2. The number of thiocarbonyl (C=S) groups is 1. The fraction of sp³-hybridized carbons (Fsp3) is 0.0714. The molecule has 0 radical (unpaired) electrons. The third-order valence-corrected chi connectivity index (χ3v) is 2.67. The zero-order valence-electron chi connectivity index (χ0n) is 11.0. The quantitative estimate of drug-likeness (QED) is 0.457. The van der Waals surface area contributed by atoms with Gasteiger partial charge >= 0.3 is 0 Å². The lowest BCUT2D eigenvalue weighted by Crippen LogP contribution is -2.23. The summed E-state index contributed by atoms with van der Waals surface area (Å²) in [6.07, 6.45) is 3.38. The molecule has 6 heteroatoms. The average Bonchev–Trinajstić information content (AvgIpc) is 2.49. The second-order valence-electron chi connectivity index (χ2n) is 3.88. The minimum absolute atomic E-state index is 0.433. The number of hydrogen-bond donors (Lipinski definition) is 3. The maximum absolute atomic E-state index is 5.15. The molecule has 0 aliphatic rings. The van der Waals surface area contributed by atoms with Gasteiger partial charge in [-0.2, -0.15) is 5.10 Å². The first kappa shape index (κ1) is 14.0. The molecule has 102 valence electrons. The Morgan fingerprint density at radius 1 is 1.20 bits per heavy atom. The van der Waals surface area contributed by atoms with Gasteiger partial charge < -0.3 is 10.6 Å². The Labute approximate surface area is 123 Å². The van der Waals surface area contributed by atoms with Gasteiger partial charge in [0.15, 0.2) is 5.11 Å². The van der Waals surface area contributed by atoms with E-state index in [2.05, 4.69) is 26.1 Å². The first-order chi connectivity index (χ1) is 9.79. The number of rotatable bonds is 4. The van der Waals surface area contributed by atoms with Crippen LogP contribution >= 0.6 is 12.2 Å². The molecule has 2 aromatic rings. The summed E-state index contributed by atoms with van der Waals surface area (Å²) in [5.74, 6) is 0.764. The standard InChI is InChI=1S/C14H15N5S/c1-15-13-11(6-5-9-16-13)10-17-19-14(20)18-12-7-3-2-4-8-12/h2-10H,1H3,(H,15,16)(H2,18,19,20)/b17-10-. The van der Waals surface area contributed by atoms with Gasteiger partial charge in [0.05, 0.1) is 6.21 Å². The fourth-order valence-corrected chi connectivity index (χ4v) is 1.74. The van der Waals surface area contributed by atoms with Gasteiger partial charge in [-0.1, -0.05) is 18.2 Å². The molecular formula is C14H15N5S. The monoisotopic (exact) mass is 285 g/mol. The molecule has 0 amide bonds. The van der Waals surface area contributed by atoms with E-state index in [1.54, 1.807) is 12.4 Å². The smallest absolute Gasteiger partial charge is 0.191 e. The average molecular weight is 285 g/mol. The molecule has 0 saturated heterocycles. The van der Waals surface area contributed by atoms with Crippen molar-refractivity contribution < 1.29 is 0 Å². The van der Waals surface area contributed by atoms with Crippen LogP contribution in [0.25, 0.3) is 0 Å². The zero-order chi connectivity index (χ0) is 14.2. The molecular weight excluding hydrogens is 270 g/mol. The van der Waals surface area contributed by atoms with Crippen molar-refractivity contribution in [3.63, 3.8) is 0 Å². The number of pyridine rings is 1. The molecule has 1 aromatic heterocycles. The van der Waals surface area contributed by atoms with Gasteiger partial charge in [-0.25, -0.2) is 4.98 Å². The van der Waals surface area contributed by atoms with Crippen LogP contribution in [0.15, 0.2) is 53.8 Å². The SMILES string of the molecule is CNc1ncccc1/C=N\NC(=S)Nc1ccccc1. The predicted octanol–water partition coefficient (Wildman–Crippen LogP) is 2.44. The Balaban J connectivity index is 1.91.